The lowest BCUT2D eigenvalue weighted by atomic mass is 10.1. The Bertz CT molecular complexity index is 357. The number of anilines is 1. The molecule has 0 aliphatic heterocycles. The lowest BCUT2D eigenvalue weighted by Gasteiger charge is -2.16. The zero-order chi connectivity index (χ0) is 11.6. The van der Waals surface area contributed by atoms with Crippen molar-refractivity contribution < 1.29 is 4.79 Å². The molecule has 0 aliphatic carbocycles. The predicted molar refractivity (Wildman–Crippen MR) is 70.3 cm³/mol. The maximum Gasteiger partial charge on any atom is 0.245 e. The standard InChI is InChI=1S/C10H17N3OS.ClH/c1-6(2)7-5-12-9(15-7)13-8(14)10(3,4)11;/h5-6H,11H2,1-4H3,(H,12,13,14);1H. The topological polar surface area (TPSA) is 68.0 Å². The second-order valence-corrected chi connectivity index (χ2v) is 5.46. The van der Waals surface area contributed by atoms with Gasteiger partial charge >= 0.3 is 0 Å². The summed E-state index contributed by atoms with van der Waals surface area (Å²) < 4.78 is 0. The lowest BCUT2D eigenvalue weighted by Crippen LogP contribution is -2.45. The number of halogens is 1. The molecule has 0 aromatic carbocycles. The molecule has 1 aromatic rings. The largest absolute Gasteiger partial charge is 0.318 e. The molecule has 0 unspecified atom stereocenters. The summed E-state index contributed by atoms with van der Waals surface area (Å²) in [6.07, 6.45) is 1.79. The highest BCUT2D eigenvalue weighted by Gasteiger charge is 2.22. The van der Waals surface area contributed by atoms with Crippen LogP contribution in [0.5, 0.6) is 0 Å². The Morgan fingerprint density at radius 2 is 2.12 bits per heavy atom. The summed E-state index contributed by atoms with van der Waals surface area (Å²) in [5.74, 6) is 0.214. The third-order valence-electron chi connectivity index (χ3n) is 1.90. The Morgan fingerprint density at radius 1 is 1.56 bits per heavy atom. The second kappa shape index (κ2) is 5.61. The van der Waals surface area contributed by atoms with E-state index in [-0.39, 0.29) is 18.3 Å². The normalized spacial score (nSPS) is 11.1. The number of hydrogen-bond acceptors (Lipinski definition) is 4. The van der Waals surface area contributed by atoms with Gasteiger partial charge in [0.15, 0.2) is 5.13 Å². The van der Waals surface area contributed by atoms with Gasteiger partial charge in [-0.25, -0.2) is 4.98 Å². The van der Waals surface area contributed by atoms with Gasteiger partial charge in [0, 0.05) is 11.1 Å². The average molecular weight is 264 g/mol. The van der Waals surface area contributed by atoms with E-state index < -0.39 is 5.54 Å². The summed E-state index contributed by atoms with van der Waals surface area (Å²) in [6.45, 7) is 7.51. The van der Waals surface area contributed by atoms with Gasteiger partial charge in [-0.3, -0.25) is 4.79 Å². The minimum absolute atomic E-state index is 0. The summed E-state index contributed by atoms with van der Waals surface area (Å²) >= 11 is 1.49. The van der Waals surface area contributed by atoms with Crippen LogP contribution in [0.4, 0.5) is 5.13 Å². The van der Waals surface area contributed by atoms with Crippen molar-refractivity contribution >= 4 is 34.8 Å². The van der Waals surface area contributed by atoms with Crippen molar-refractivity contribution in [2.75, 3.05) is 5.32 Å². The summed E-state index contributed by atoms with van der Waals surface area (Å²) in [5, 5.41) is 3.31. The molecule has 0 bridgehead atoms. The summed E-state index contributed by atoms with van der Waals surface area (Å²) in [7, 11) is 0. The fraction of sp³-hybridized carbons (Fsp3) is 0.600. The van der Waals surface area contributed by atoms with Crippen LogP contribution in [-0.4, -0.2) is 16.4 Å². The van der Waals surface area contributed by atoms with E-state index in [4.69, 9.17) is 5.73 Å². The zero-order valence-corrected chi connectivity index (χ0v) is 11.5. The molecule has 6 heteroatoms. The third-order valence-corrected chi connectivity index (χ3v) is 3.11. The van der Waals surface area contributed by atoms with Gasteiger partial charge in [-0.1, -0.05) is 13.8 Å². The van der Waals surface area contributed by atoms with Gasteiger partial charge in [-0.05, 0) is 19.8 Å². The molecule has 0 spiro atoms. The van der Waals surface area contributed by atoms with Crippen molar-refractivity contribution in [3.05, 3.63) is 11.1 Å². The number of thiazole rings is 1. The number of amides is 1. The van der Waals surface area contributed by atoms with E-state index >= 15 is 0 Å². The third kappa shape index (κ3) is 4.08. The van der Waals surface area contributed by atoms with Gasteiger partial charge in [-0.15, -0.1) is 23.7 Å². The summed E-state index contributed by atoms with van der Waals surface area (Å²) in [4.78, 5) is 16.8. The van der Waals surface area contributed by atoms with Crippen molar-refractivity contribution in [1.29, 1.82) is 0 Å². The van der Waals surface area contributed by atoms with E-state index in [1.807, 2.05) is 0 Å². The Hall–Kier alpha value is -0.650. The maximum absolute atomic E-state index is 11.5. The fourth-order valence-corrected chi connectivity index (χ4v) is 1.68. The molecule has 0 aliphatic rings. The number of nitrogens with zero attached hydrogens (tertiary/aromatic N) is 1. The first-order valence-corrected chi connectivity index (χ1v) is 5.68. The molecule has 0 saturated heterocycles. The van der Waals surface area contributed by atoms with Crippen LogP contribution in [0.15, 0.2) is 6.20 Å². The van der Waals surface area contributed by atoms with Crippen LogP contribution in [-0.2, 0) is 4.79 Å². The zero-order valence-electron chi connectivity index (χ0n) is 9.90. The smallest absolute Gasteiger partial charge is 0.245 e. The first kappa shape index (κ1) is 15.3. The lowest BCUT2D eigenvalue weighted by molar-refractivity contribution is -0.120. The van der Waals surface area contributed by atoms with E-state index in [1.54, 1.807) is 20.0 Å². The molecule has 0 radical (unpaired) electrons. The number of aromatic nitrogens is 1. The Kier molecular flexibility index (Phi) is 5.38. The molecule has 1 aromatic heterocycles. The first-order valence-electron chi connectivity index (χ1n) is 4.86. The van der Waals surface area contributed by atoms with Gasteiger partial charge in [0.25, 0.3) is 0 Å². The Morgan fingerprint density at radius 3 is 2.50 bits per heavy atom. The number of carbonyl (C=O) groups excluding carboxylic acids is 1. The number of nitrogens with two attached hydrogens (primary N) is 1. The van der Waals surface area contributed by atoms with Crippen molar-refractivity contribution in [2.24, 2.45) is 5.73 Å². The van der Waals surface area contributed by atoms with E-state index in [2.05, 4.69) is 24.1 Å². The number of rotatable bonds is 3. The van der Waals surface area contributed by atoms with Gasteiger partial charge in [-0.2, -0.15) is 0 Å². The Labute approximate surface area is 106 Å². The molecule has 0 fully saturated rings. The minimum atomic E-state index is -0.871. The predicted octanol–water partition coefficient (Wildman–Crippen LogP) is 2.36. The molecule has 1 rings (SSSR count). The molecule has 3 N–H and O–H groups in total. The molecule has 92 valence electrons. The molecule has 4 nitrogen and oxygen atoms in total. The Balaban J connectivity index is 0.00000225. The van der Waals surface area contributed by atoms with Crippen LogP contribution in [0, 0.1) is 0 Å². The highest BCUT2D eigenvalue weighted by atomic mass is 35.5. The molecule has 1 heterocycles. The molecular formula is C10H18ClN3OS. The number of nitrogens with one attached hydrogen (secondary N) is 1. The molecule has 0 saturated carbocycles. The molecule has 0 atom stereocenters. The van der Waals surface area contributed by atoms with Crippen LogP contribution in [0.1, 0.15) is 38.5 Å². The van der Waals surface area contributed by atoms with Gasteiger partial charge in [0.05, 0.1) is 5.54 Å². The van der Waals surface area contributed by atoms with E-state index in [0.29, 0.717) is 11.0 Å². The number of carbonyl (C=O) groups is 1. The van der Waals surface area contributed by atoms with Crippen molar-refractivity contribution in [2.45, 2.75) is 39.2 Å². The summed E-state index contributed by atoms with van der Waals surface area (Å²) in [6, 6.07) is 0. The average Bonchev–Trinajstić information content (AvgIpc) is 2.50. The van der Waals surface area contributed by atoms with Gasteiger partial charge in [0.1, 0.15) is 0 Å². The van der Waals surface area contributed by atoms with Gasteiger partial charge < -0.3 is 11.1 Å². The SMILES string of the molecule is CC(C)c1cnc(NC(=O)C(C)(C)N)s1.Cl. The van der Waals surface area contributed by atoms with Crippen LogP contribution in [0.3, 0.4) is 0 Å². The van der Waals surface area contributed by atoms with E-state index in [9.17, 15) is 4.79 Å². The number of hydrogen-bond donors (Lipinski definition) is 2. The van der Waals surface area contributed by atoms with Crippen molar-refractivity contribution in [3.8, 4) is 0 Å². The van der Waals surface area contributed by atoms with Crippen LogP contribution in [0.25, 0.3) is 0 Å². The molecular weight excluding hydrogens is 246 g/mol. The fourth-order valence-electron chi connectivity index (χ4n) is 0.870. The first-order chi connectivity index (χ1) is 6.80. The summed E-state index contributed by atoms with van der Waals surface area (Å²) in [5.41, 5.74) is 4.79. The van der Waals surface area contributed by atoms with Crippen molar-refractivity contribution in [3.63, 3.8) is 0 Å². The second-order valence-electron chi connectivity index (χ2n) is 4.40. The van der Waals surface area contributed by atoms with Gasteiger partial charge in [0.2, 0.25) is 5.91 Å². The maximum atomic E-state index is 11.5. The quantitative estimate of drug-likeness (QED) is 0.880. The highest BCUT2D eigenvalue weighted by Crippen LogP contribution is 2.25. The van der Waals surface area contributed by atoms with Crippen LogP contribution < -0.4 is 11.1 Å². The molecule has 16 heavy (non-hydrogen) atoms. The van der Waals surface area contributed by atoms with E-state index in [0.717, 1.165) is 4.88 Å². The molecule has 1 amide bonds. The minimum Gasteiger partial charge on any atom is -0.318 e. The van der Waals surface area contributed by atoms with E-state index in [1.165, 1.54) is 11.3 Å². The van der Waals surface area contributed by atoms with Crippen LogP contribution in [0.2, 0.25) is 0 Å². The highest BCUT2D eigenvalue weighted by molar-refractivity contribution is 7.15. The van der Waals surface area contributed by atoms with Crippen LogP contribution >= 0.6 is 23.7 Å². The van der Waals surface area contributed by atoms with Crippen molar-refractivity contribution in [1.82, 2.24) is 4.98 Å². The monoisotopic (exact) mass is 263 g/mol.